The van der Waals surface area contributed by atoms with E-state index in [9.17, 15) is 4.79 Å². The van der Waals surface area contributed by atoms with Crippen LogP contribution in [0.5, 0.6) is 0 Å². The summed E-state index contributed by atoms with van der Waals surface area (Å²) in [5.74, 6) is -0.0695. The minimum Gasteiger partial charge on any atom is -0.389 e. The van der Waals surface area contributed by atoms with Crippen molar-refractivity contribution in [2.45, 2.75) is 0 Å². The van der Waals surface area contributed by atoms with E-state index in [4.69, 9.17) is 18.0 Å². The van der Waals surface area contributed by atoms with Crippen molar-refractivity contribution in [3.8, 4) is 0 Å². The molecule has 0 radical (unpaired) electrons. The van der Waals surface area contributed by atoms with Crippen LogP contribution in [0.15, 0.2) is 41.1 Å². The van der Waals surface area contributed by atoms with Crippen LogP contribution in [0.1, 0.15) is 15.9 Å². The molecule has 1 amide bonds. The molecule has 0 aliphatic carbocycles. The van der Waals surface area contributed by atoms with Crippen LogP contribution in [0, 0.1) is 0 Å². The van der Waals surface area contributed by atoms with Crippen LogP contribution in [0.25, 0.3) is 0 Å². The molecule has 0 bridgehead atoms. The summed E-state index contributed by atoms with van der Waals surface area (Å²) in [6.07, 6.45) is 0. The quantitative estimate of drug-likeness (QED) is 0.877. The number of thiocarbonyl (C=S) groups is 1. The average Bonchev–Trinajstić information content (AvgIpc) is 2.90. The fourth-order valence-corrected chi connectivity index (χ4v) is 2.47. The lowest BCUT2D eigenvalue weighted by Gasteiger charge is -2.19. The van der Waals surface area contributed by atoms with Crippen molar-refractivity contribution in [1.82, 2.24) is 0 Å². The smallest absolute Gasteiger partial charge is 0.258 e. The van der Waals surface area contributed by atoms with Crippen LogP contribution in [0.4, 0.5) is 5.69 Å². The van der Waals surface area contributed by atoms with Crippen LogP contribution in [-0.2, 0) is 0 Å². The third kappa shape index (κ3) is 2.42. The molecule has 2 N–H and O–H groups in total. The molecule has 0 unspecified atom stereocenters. The predicted octanol–water partition coefficient (Wildman–Crippen LogP) is 2.66. The van der Waals surface area contributed by atoms with E-state index in [0.717, 1.165) is 5.69 Å². The normalized spacial score (nSPS) is 10.1. The van der Waals surface area contributed by atoms with Gasteiger partial charge < -0.3 is 10.6 Å². The maximum Gasteiger partial charge on any atom is 0.258 e. The van der Waals surface area contributed by atoms with Gasteiger partial charge in [-0.05, 0) is 23.6 Å². The SMILES string of the molecule is CN(C(=O)c1ccsc1)c1ccccc1C(N)=S. The molecule has 18 heavy (non-hydrogen) atoms. The fraction of sp³-hybridized carbons (Fsp3) is 0.0769. The van der Waals surface area contributed by atoms with E-state index >= 15 is 0 Å². The average molecular weight is 276 g/mol. The van der Waals surface area contributed by atoms with Crippen LogP contribution in [0.2, 0.25) is 0 Å². The largest absolute Gasteiger partial charge is 0.389 e. The molecule has 5 heteroatoms. The fourth-order valence-electron chi connectivity index (χ4n) is 1.66. The molecule has 0 spiro atoms. The molecule has 0 atom stereocenters. The minimum atomic E-state index is -0.0695. The Morgan fingerprint density at radius 3 is 2.67 bits per heavy atom. The van der Waals surface area contributed by atoms with Crippen molar-refractivity contribution in [2.24, 2.45) is 5.73 Å². The van der Waals surface area contributed by atoms with E-state index in [2.05, 4.69) is 0 Å². The zero-order valence-corrected chi connectivity index (χ0v) is 11.4. The first-order valence-corrected chi connectivity index (χ1v) is 6.65. The summed E-state index contributed by atoms with van der Waals surface area (Å²) in [6.45, 7) is 0. The number of hydrogen-bond acceptors (Lipinski definition) is 3. The van der Waals surface area contributed by atoms with Crippen molar-refractivity contribution in [3.63, 3.8) is 0 Å². The molecule has 0 saturated carbocycles. The number of nitrogens with zero attached hydrogens (tertiary/aromatic N) is 1. The van der Waals surface area contributed by atoms with E-state index in [0.29, 0.717) is 11.1 Å². The van der Waals surface area contributed by atoms with E-state index in [1.165, 1.54) is 11.3 Å². The number of anilines is 1. The molecular weight excluding hydrogens is 264 g/mol. The first kappa shape index (κ1) is 12.7. The number of benzene rings is 1. The summed E-state index contributed by atoms with van der Waals surface area (Å²) >= 11 is 6.49. The third-order valence-electron chi connectivity index (χ3n) is 2.60. The molecular formula is C13H12N2OS2. The Hall–Kier alpha value is -1.72. The van der Waals surface area contributed by atoms with Gasteiger partial charge in [-0.25, -0.2) is 0 Å². The van der Waals surface area contributed by atoms with Crippen molar-refractivity contribution in [3.05, 3.63) is 52.2 Å². The van der Waals surface area contributed by atoms with E-state index in [1.807, 2.05) is 35.0 Å². The summed E-state index contributed by atoms with van der Waals surface area (Å²) in [5, 5.41) is 3.70. The van der Waals surface area contributed by atoms with Crippen LogP contribution >= 0.6 is 23.6 Å². The lowest BCUT2D eigenvalue weighted by molar-refractivity contribution is 0.0993. The molecule has 0 saturated heterocycles. The second kappa shape index (κ2) is 5.29. The van der Waals surface area contributed by atoms with Gasteiger partial charge >= 0.3 is 0 Å². The van der Waals surface area contributed by atoms with Gasteiger partial charge in [0.1, 0.15) is 4.99 Å². The Morgan fingerprint density at radius 1 is 1.33 bits per heavy atom. The van der Waals surface area contributed by atoms with Gasteiger partial charge in [-0.3, -0.25) is 4.79 Å². The zero-order chi connectivity index (χ0) is 13.1. The van der Waals surface area contributed by atoms with E-state index in [-0.39, 0.29) is 10.9 Å². The summed E-state index contributed by atoms with van der Waals surface area (Å²) in [7, 11) is 1.72. The molecule has 92 valence electrons. The van der Waals surface area contributed by atoms with Crippen molar-refractivity contribution in [1.29, 1.82) is 0 Å². The van der Waals surface area contributed by atoms with Gasteiger partial charge in [0.05, 0.1) is 11.3 Å². The number of amides is 1. The number of hydrogen-bond donors (Lipinski definition) is 1. The molecule has 1 aromatic carbocycles. The number of para-hydroxylation sites is 1. The topological polar surface area (TPSA) is 46.3 Å². The zero-order valence-electron chi connectivity index (χ0n) is 9.79. The van der Waals surface area contributed by atoms with Crippen LogP contribution in [0.3, 0.4) is 0 Å². The maximum atomic E-state index is 12.2. The van der Waals surface area contributed by atoms with Crippen LogP contribution < -0.4 is 10.6 Å². The molecule has 0 aliphatic heterocycles. The van der Waals surface area contributed by atoms with E-state index in [1.54, 1.807) is 18.0 Å². The van der Waals surface area contributed by atoms with Gasteiger partial charge in [0.2, 0.25) is 0 Å². The molecule has 1 aromatic heterocycles. The highest BCUT2D eigenvalue weighted by Crippen LogP contribution is 2.21. The van der Waals surface area contributed by atoms with Gasteiger partial charge in [-0.15, -0.1) is 0 Å². The molecule has 3 nitrogen and oxygen atoms in total. The molecule has 2 rings (SSSR count). The van der Waals surface area contributed by atoms with Crippen molar-refractivity contribution < 1.29 is 4.79 Å². The Morgan fingerprint density at radius 2 is 2.06 bits per heavy atom. The second-order valence-electron chi connectivity index (χ2n) is 3.76. The van der Waals surface area contributed by atoms with Crippen LogP contribution in [-0.4, -0.2) is 17.9 Å². The first-order valence-electron chi connectivity index (χ1n) is 5.30. The summed E-state index contributed by atoms with van der Waals surface area (Å²) in [6, 6.07) is 9.15. The molecule has 0 aliphatic rings. The summed E-state index contributed by atoms with van der Waals surface area (Å²) in [5.41, 5.74) is 7.76. The summed E-state index contributed by atoms with van der Waals surface area (Å²) < 4.78 is 0. The van der Waals surface area contributed by atoms with Crippen molar-refractivity contribution >= 4 is 40.1 Å². The number of carbonyl (C=O) groups excluding carboxylic acids is 1. The second-order valence-corrected chi connectivity index (χ2v) is 4.98. The lowest BCUT2D eigenvalue weighted by Crippen LogP contribution is -2.28. The Bertz CT molecular complexity index is 578. The third-order valence-corrected chi connectivity index (χ3v) is 3.51. The Labute approximate surface area is 115 Å². The predicted molar refractivity (Wildman–Crippen MR) is 79.4 cm³/mol. The molecule has 0 fully saturated rings. The van der Waals surface area contributed by atoms with E-state index < -0.39 is 0 Å². The highest BCUT2D eigenvalue weighted by Gasteiger charge is 2.17. The van der Waals surface area contributed by atoms with Gasteiger partial charge in [-0.2, -0.15) is 11.3 Å². The Balaban J connectivity index is 2.37. The Kier molecular flexibility index (Phi) is 3.74. The number of carbonyl (C=O) groups is 1. The maximum absolute atomic E-state index is 12.2. The number of thiophene rings is 1. The summed E-state index contributed by atoms with van der Waals surface area (Å²) in [4.78, 5) is 14.1. The number of rotatable bonds is 3. The highest BCUT2D eigenvalue weighted by molar-refractivity contribution is 7.80. The van der Waals surface area contributed by atoms with Gasteiger partial charge in [0.15, 0.2) is 0 Å². The van der Waals surface area contributed by atoms with Gasteiger partial charge in [0, 0.05) is 18.0 Å². The minimum absolute atomic E-state index is 0.0695. The monoisotopic (exact) mass is 276 g/mol. The van der Waals surface area contributed by atoms with Gasteiger partial charge in [-0.1, -0.05) is 24.4 Å². The first-order chi connectivity index (χ1) is 8.61. The molecule has 2 aromatic rings. The van der Waals surface area contributed by atoms with Gasteiger partial charge in [0.25, 0.3) is 5.91 Å². The lowest BCUT2D eigenvalue weighted by atomic mass is 10.1. The van der Waals surface area contributed by atoms with Crippen molar-refractivity contribution in [2.75, 3.05) is 11.9 Å². The standard InChI is InChI=1S/C13H12N2OS2/c1-15(13(16)9-6-7-18-8-9)11-5-3-2-4-10(11)12(14)17/h2-8H,1H3,(H2,14,17). The molecule has 1 heterocycles. The highest BCUT2D eigenvalue weighted by atomic mass is 32.1. The number of nitrogens with two attached hydrogens (primary N) is 1.